The summed E-state index contributed by atoms with van der Waals surface area (Å²) in [5.74, 6) is 0. The highest BCUT2D eigenvalue weighted by atomic mass is 79.9. The number of anilines is 1. The normalized spacial score (nSPS) is 21.2. The van der Waals surface area contributed by atoms with Crippen molar-refractivity contribution in [2.24, 2.45) is 0 Å². The van der Waals surface area contributed by atoms with E-state index in [1.807, 2.05) is 0 Å². The number of hydrogen-bond acceptors (Lipinski definition) is 1. The van der Waals surface area contributed by atoms with Crippen LogP contribution in [0.2, 0.25) is 0 Å². The van der Waals surface area contributed by atoms with Gasteiger partial charge in [0.15, 0.2) is 0 Å². The zero-order valence-corrected chi connectivity index (χ0v) is 8.93. The highest BCUT2D eigenvalue weighted by Crippen LogP contribution is 2.32. The summed E-state index contributed by atoms with van der Waals surface area (Å²) in [6.45, 7) is 2.26. The summed E-state index contributed by atoms with van der Waals surface area (Å²) < 4.78 is 1.17. The van der Waals surface area contributed by atoms with Crippen LogP contribution in [0.25, 0.3) is 0 Å². The van der Waals surface area contributed by atoms with Crippen molar-refractivity contribution in [1.29, 1.82) is 0 Å². The number of nitrogens with zero attached hydrogens (tertiary/aromatic N) is 1. The molecule has 1 nitrogen and oxygen atoms in total. The quantitative estimate of drug-likeness (QED) is 0.657. The summed E-state index contributed by atoms with van der Waals surface area (Å²) in [5, 5.41) is 0. The molecule has 0 bridgehead atoms. The molecule has 64 valence electrons. The molecule has 1 aromatic carbocycles. The topological polar surface area (TPSA) is 3.24 Å². The van der Waals surface area contributed by atoms with E-state index < -0.39 is 0 Å². The third kappa shape index (κ3) is 1.14. The van der Waals surface area contributed by atoms with Crippen molar-refractivity contribution in [3.63, 3.8) is 0 Å². The van der Waals surface area contributed by atoms with E-state index >= 15 is 0 Å². The molecular weight excluding hydrogens is 214 g/mol. The van der Waals surface area contributed by atoms with E-state index in [0.717, 1.165) is 0 Å². The SMILES string of the molecule is C[C@@H]1Cc2ccc(Br)cc2N1C. The van der Waals surface area contributed by atoms with E-state index in [2.05, 4.69) is 53.0 Å². The molecule has 0 amide bonds. The molecular formula is C10H12BrN. The Labute approximate surface area is 81.5 Å². The molecule has 0 spiro atoms. The van der Waals surface area contributed by atoms with Crippen molar-refractivity contribution in [2.75, 3.05) is 11.9 Å². The van der Waals surface area contributed by atoms with Crippen LogP contribution in [0.1, 0.15) is 12.5 Å². The van der Waals surface area contributed by atoms with Gasteiger partial charge in [-0.05, 0) is 31.0 Å². The number of hydrogen-bond donors (Lipinski definition) is 0. The molecule has 1 aliphatic heterocycles. The Kier molecular flexibility index (Phi) is 1.87. The summed E-state index contributed by atoms with van der Waals surface area (Å²) in [7, 11) is 2.16. The lowest BCUT2D eigenvalue weighted by Crippen LogP contribution is -2.23. The first-order chi connectivity index (χ1) is 5.68. The minimum absolute atomic E-state index is 0.647. The Balaban J connectivity index is 2.48. The molecule has 0 aromatic heterocycles. The number of rotatable bonds is 0. The van der Waals surface area contributed by atoms with Crippen LogP contribution in [0.5, 0.6) is 0 Å². The predicted octanol–water partition coefficient (Wildman–Crippen LogP) is 2.83. The molecule has 2 rings (SSSR count). The monoisotopic (exact) mass is 225 g/mol. The molecule has 2 heteroatoms. The molecule has 1 heterocycles. The van der Waals surface area contributed by atoms with Gasteiger partial charge in [-0.25, -0.2) is 0 Å². The average molecular weight is 226 g/mol. The molecule has 0 fully saturated rings. The molecule has 12 heavy (non-hydrogen) atoms. The second-order valence-electron chi connectivity index (χ2n) is 3.44. The Hall–Kier alpha value is -0.500. The van der Waals surface area contributed by atoms with E-state index in [9.17, 15) is 0 Å². The summed E-state index contributed by atoms with van der Waals surface area (Å²) in [6, 6.07) is 7.16. The van der Waals surface area contributed by atoms with Gasteiger partial charge >= 0.3 is 0 Å². The minimum Gasteiger partial charge on any atom is -0.371 e. The van der Waals surface area contributed by atoms with E-state index in [0.29, 0.717) is 6.04 Å². The molecule has 1 aromatic rings. The van der Waals surface area contributed by atoms with Crippen molar-refractivity contribution in [3.05, 3.63) is 28.2 Å². The van der Waals surface area contributed by atoms with Crippen molar-refractivity contribution in [3.8, 4) is 0 Å². The Bertz CT molecular complexity index is 309. The number of likely N-dealkylation sites (N-methyl/N-ethyl adjacent to an activating group) is 1. The van der Waals surface area contributed by atoms with Crippen LogP contribution in [-0.4, -0.2) is 13.1 Å². The van der Waals surface area contributed by atoms with Gasteiger partial charge in [-0.15, -0.1) is 0 Å². The molecule has 1 atom stereocenters. The number of fused-ring (bicyclic) bond motifs is 1. The molecule has 0 saturated heterocycles. The van der Waals surface area contributed by atoms with Crippen molar-refractivity contribution in [1.82, 2.24) is 0 Å². The van der Waals surface area contributed by atoms with Crippen LogP contribution >= 0.6 is 15.9 Å². The van der Waals surface area contributed by atoms with Crippen LogP contribution in [0.3, 0.4) is 0 Å². The van der Waals surface area contributed by atoms with Gasteiger partial charge in [-0.1, -0.05) is 22.0 Å². The van der Waals surface area contributed by atoms with E-state index in [4.69, 9.17) is 0 Å². The molecule has 0 unspecified atom stereocenters. The fourth-order valence-corrected chi connectivity index (χ4v) is 2.08. The maximum Gasteiger partial charge on any atom is 0.0410 e. The lowest BCUT2D eigenvalue weighted by molar-refractivity contribution is 0.732. The van der Waals surface area contributed by atoms with Gasteiger partial charge in [0.2, 0.25) is 0 Å². The predicted molar refractivity (Wildman–Crippen MR) is 55.7 cm³/mol. The van der Waals surface area contributed by atoms with Crippen LogP contribution in [0.15, 0.2) is 22.7 Å². The Morgan fingerprint density at radius 3 is 3.00 bits per heavy atom. The largest absolute Gasteiger partial charge is 0.371 e. The van der Waals surface area contributed by atoms with Gasteiger partial charge in [0.05, 0.1) is 0 Å². The first-order valence-electron chi connectivity index (χ1n) is 4.20. The molecule has 1 aliphatic rings. The van der Waals surface area contributed by atoms with Crippen LogP contribution in [-0.2, 0) is 6.42 Å². The standard InChI is InChI=1S/C10H12BrN/c1-7-5-8-3-4-9(11)6-10(8)12(7)2/h3-4,6-7H,5H2,1-2H3/t7-/m1/s1. The van der Waals surface area contributed by atoms with Crippen LogP contribution in [0, 0.1) is 0 Å². The highest BCUT2D eigenvalue weighted by molar-refractivity contribution is 9.10. The maximum atomic E-state index is 3.49. The summed E-state index contributed by atoms with van der Waals surface area (Å²) in [4.78, 5) is 2.33. The number of halogens is 1. The fourth-order valence-electron chi connectivity index (χ4n) is 1.73. The summed E-state index contributed by atoms with van der Waals surface area (Å²) in [6.07, 6.45) is 1.18. The van der Waals surface area contributed by atoms with E-state index in [-0.39, 0.29) is 0 Å². The zero-order chi connectivity index (χ0) is 8.72. The van der Waals surface area contributed by atoms with Gasteiger partial charge in [-0.3, -0.25) is 0 Å². The van der Waals surface area contributed by atoms with Gasteiger partial charge in [0.1, 0.15) is 0 Å². The summed E-state index contributed by atoms with van der Waals surface area (Å²) in [5.41, 5.74) is 2.84. The van der Waals surface area contributed by atoms with Gasteiger partial charge in [0, 0.05) is 23.2 Å². The fraction of sp³-hybridized carbons (Fsp3) is 0.400. The van der Waals surface area contributed by atoms with Gasteiger partial charge < -0.3 is 4.90 Å². The zero-order valence-electron chi connectivity index (χ0n) is 7.34. The number of benzene rings is 1. The summed E-state index contributed by atoms with van der Waals surface area (Å²) >= 11 is 3.49. The van der Waals surface area contributed by atoms with Crippen molar-refractivity contribution in [2.45, 2.75) is 19.4 Å². The van der Waals surface area contributed by atoms with Gasteiger partial charge in [0.25, 0.3) is 0 Å². The molecule has 0 aliphatic carbocycles. The Morgan fingerprint density at radius 1 is 1.50 bits per heavy atom. The lowest BCUT2D eigenvalue weighted by atomic mass is 10.1. The minimum atomic E-state index is 0.647. The maximum absolute atomic E-state index is 3.49. The highest BCUT2D eigenvalue weighted by Gasteiger charge is 2.22. The van der Waals surface area contributed by atoms with E-state index in [1.165, 1.54) is 22.1 Å². The molecule has 0 N–H and O–H groups in total. The lowest BCUT2D eigenvalue weighted by Gasteiger charge is -2.18. The second kappa shape index (κ2) is 2.77. The first kappa shape index (κ1) is 8.11. The Morgan fingerprint density at radius 2 is 2.25 bits per heavy atom. The van der Waals surface area contributed by atoms with Gasteiger partial charge in [-0.2, -0.15) is 0 Å². The van der Waals surface area contributed by atoms with Crippen LogP contribution in [0.4, 0.5) is 5.69 Å². The molecule has 0 saturated carbocycles. The van der Waals surface area contributed by atoms with Crippen molar-refractivity contribution >= 4 is 21.6 Å². The van der Waals surface area contributed by atoms with Crippen LogP contribution < -0.4 is 4.90 Å². The van der Waals surface area contributed by atoms with E-state index in [1.54, 1.807) is 0 Å². The second-order valence-corrected chi connectivity index (χ2v) is 4.35. The third-order valence-electron chi connectivity index (χ3n) is 2.60. The third-order valence-corrected chi connectivity index (χ3v) is 3.10. The average Bonchev–Trinajstić information content (AvgIpc) is 2.31. The smallest absolute Gasteiger partial charge is 0.0410 e. The van der Waals surface area contributed by atoms with Crippen molar-refractivity contribution < 1.29 is 0 Å². The molecule has 0 radical (unpaired) electrons. The first-order valence-corrected chi connectivity index (χ1v) is 4.99.